The van der Waals surface area contributed by atoms with Gasteiger partial charge < -0.3 is 4.74 Å². The fraction of sp³-hybridized carbons (Fsp3) is 0.650. The Morgan fingerprint density at radius 2 is 1.78 bits per heavy atom. The van der Waals surface area contributed by atoms with Crippen molar-refractivity contribution in [1.29, 1.82) is 0 Å². The first-order valence-electron chi connectivity index (χ1n) is 9.35. The van der Waals surface area contributed by atoms with Crippen molar-refractivity contribution >= 4 is 5.97 Å². The molecule has 1 aromatic rings. The van der Waals surface area contributed by atoms with E-state index in [1.165, 1.54) is 24.3 Å². The van der Waals surface area contributed by atoms with Gasteiger partial charge in [0.2, 0.25) is 0 Å². The Bertz CT molecular complexity index is 674. The third kappa shape index (κ3) is 3.47. The number of hydrogen-bond donors (Lipinski definition) is 0. The Morgan fingerprint density at radius 3 is 2.30 bits per heavy atom. The number of hydrogen-bond acceptors (Lipinski definition) is 4. The van der Waals surface area contributed by atoms with Crippen LogP contribution in [0.4, 0.5) is 13.2 Å². The number of halogens is 3. The van der Waals surface area contributed by atoms with E-state index < -0.39 is 23.2 Å². The van der Waals surface area contributed by atoms with Gasteiger partial charge in [0.25, 0.3) is 0 Å². The summed E-state index contributed by atoms with van der Waals surface area (Å²) < 4.78 is 47.8. The Balaban J connectivity index is 1.92. The third-order valence-electron chi connectivity index (χ3n) is 6.08. The summed E-state index contributed by atoms with van der Waals surface area (Å²) in [4.78, 5) is 17.1. The van der Waals surface area contributed by atoms with E-state index in [0.717, 1.165) is 32.7 Å². The lowest BCUT2D eigenvalue weighted by Gasteiger charge is -2.55. The van der Waals surface area contributed by atoms with Gasteiger partial charge in [-0.1, -0.05) is 36.8 Å². The average Bonchev–Trinajstić information content (AvgIpc) is 2.59. The molecule has 4 nitrogen and oxygen atoms in total. The van der Waals surface area contributed by atoms with E-state index in [2.05, 4.69) is 4.90 Å². The normalized spacial score (nSPS) is 26.1. The lowest BCUT2D eigenvalue weighted by atomic mass is 9.78. The number of piperidine rings is 1. The molecule has 0 radical (unpaired) electrons. The molecule has 150 valence electrons. The SMILES string of the molecule is CN1CC(OC(=O)[C@@](C)(c2ccccc2)C(F)(F)F)(C2CCCCN2C)C1. The molecule has 2 aliphatic heterocycles. The number of esters is 1. The molecule has 2 aliphatic rings. The van der Waals surface area contributed by atoms with Gasteiger partial charge in [0.05, 0.1) is 6.04 Å². The fourth-order valence-electron chi connectivity index (χ4n) is 4.41. The number of likely N-dealkylation sites (N-methyl/N-ethyl adjacent to an activating group) is 2. The Kier molecular flexibility index (Phi) is 5.29. The molecule has 2 heterocycles. The van der Waals surface area contributed by atoms with Crippen LogP contribution in [0.25, 0.3) is 0 Å². The second-order valence-corrected chi connectivity index (χ2v) is 8.11. The van der Waals surface area contributed by atoms with Crippen molar-refractivity contribution < 1.29 is 22.7 Å². The van der Waals surface area contributed by atoms with E-state index in [1.54, 1.807) is 6.07 Å². The zero-order valence-corrected chi connectivity index (χ0v) is 16.1. The highest BCUT2D eigenvalue weighted by atomic mass is 19.4. The molecule has 0 spiro atoms. The summed E-state index contributed by atoms with van der Waals surface area (Å²) in [6, 6.07) is 7.26. The molecule has 0 aromatic heterocycles. The van der Waals surface area contributed by atoms with Gasteiger partial charge in [-0.25, -0.2) is 0 Å². The quantitative estimate of drug-likeness (QED) is 0.747. The predicted octanol–water partition coefficient (Wildman–Crippen LogP) is 3.22. The standard InChI is InChI=1S/C20H27F3N2O2/c1-18(20(21,22)23,15-9-5-4-6-10-15)17(26)27-19(13-24(2)14-19)16-11-7-8-12-25(16)3/h4-6,9-10,16H,7-8,11-14H2,1-3H3/t16?,18-/m1/s1. The summed E-state index contributed by atoms with van der Waals surface area (Å²) in [6.07, 6.45) is -1.88. The zero-order valence-electron chi connectivity index (χ0n) is 16.1. The first-order valence-corrected chi connectivity index (χ1v) is 9.35. The van der Waals surface area contributed by atoms with Gasteiger partial charge in [-0.05, 0) is 46.0 Å². The number of rotatable bonds is 4. The van der Waals surface area contributed by atoms with Gasteiger partial charge in [0.1, 0.15) is 0 Å². The van der Waals surface area contributed by atoms with E-state index in [4.69, 9.17) is 4.74 Å². The van der Waals surface area contributed by atoms with Crippen LogP contribution in [0.3, 0.4) is 0 Å². The summed E-state index contributed by atoms with van der Waals surface area (Å²) in [6.45, 7) is 2.70. The lowest BCUT2D eigenvalue weighted by molar-refractivity contribution is -0.232. The number of alkyl halides is 3. The molecular weight excluding hydrogens is 357 g/mol. The second-order valence-electron chi connectivity index (χ2n) is 8.11. The molecule has 0 bridgehead atoms. The van der Waals surface area contributed by atoms with Crippen LogP contribution in [0.15, 0.2) is 30.3 Å². The molecule has 0 N–H and O–H groups in total. The minimum Gasteiger partial charge on any atom is -0.454 e. The third-order valence-corrected chi connectivity index (χ3v) is 6.08. The fourth-order valence-corrected chi connectivity index (χ4v) is 4.41. The van der Waals surface area contributed by atoms with E-state index in [0.29, 0.717) is 13.1 Å². The van der Waals surface area contributed by atoms with Gasteiger partial charge in [0.15, 0.2) is 11.0 Å². The molecule has 0 saturated carbocycles. The van der Waals surface area contributed by atoms with E-state index in [9.17, 15) is 18.0 Å². The summed E-state index contributed by atoms with van der Waals surface area (Å²) >= 11 is 0. The highest BCUT2D eigenvalue weighted by molar-refractivity contribution is 5.84. The molecule has 2 saturated heterocycles. The van der Waals surface area contributed by atoms with Gasteiger partial charge in [0, 0.05) is 13.1 Å². The van der Waals surface area contributed by atoms with Crippen LogP contribution in [0.5, 0.6) is 0 Å². The van der Waals surface area contributed by atoms with Crippen LogP contribution in [-0.2, 0) is 14.9 Å². The zero-order chi connectivity index (χ0) is 19.9. The second kappa shape index (κ2) is 7.09. The summed E-state index contributed by atoms with van der Waals surface area (Å²) in [7, 11) is 3.84. The van der Waals surface area contributed by atoms with Crippen LogP contribution in [0.2, 0.25) is 0 Å². The number of benzene rings is 1. The molecule has 1 aromatic carbocycles. The molecule has 0 amide bonds. The van der Waals surface area contributed by atoms with Crippen LogP contribution in [0, 0.1) is 0 Å². The molecule has 1 unspecified atom stereocenters. The van der Waals surface area contributed by atoms with Crippen LogP contribution in [0.1, 0.15) is 31.7 Å². The number of ether oxygens (including phenoxy) is 1. The number of likely N-dealkylation sites (tertiary alicyclic amines) is 2. The first-order chi connectivity index (χ1) is 12.6. The van der Waals surface area contributed by atoms with Gasteiger partial charge in [-0.15, -0.1) is 0 Å². The molecule has 2 fully saturated rings. The minimum atomic E-state index is -4.75. The van der Waals surface area contributed by atoms with Crippen molar-refractivity contribution in [3.05, 3.63) is 35.9 Å². The molecular formula is C20H27F3N2O2. The van der Waals surface area contributed by atoms with Crippen LogP contribution in [-0.4, -0.2) is 67.3 Å². The van der Waals surface area contributed by atoms with Crippen molar-refractivity contribution in [3.63, 3.8) is 0 Å². The average molecular weight is 384 g/mol. The Hall–Kier alpha value is -1.60. The van der Waals surface area contributed by atoms with Crippen molar-refractivity contribution in [1.82, 2.24) is 9.80 Å². The Morgan fingerprint density at radius 1 is 1.15 bits per heavy atom. The molecule has 0 aliphatic carbocycles. The maximum atomic E-state index is 14.0. The summed E-state index contributed by atoms with van der Waals surface area (Å²) in [5.74, 6) is -1.21. The van der Waals surface area contributed by atoms with Crippen molar-refractivity contribution in [2.75, 3.05) is 33.7 Å². The largest absolute Gasteiger partial charge is 0.454 e. The molecule has 3 rings (SSSR count). The maximum absolute atomic E-state index is 14.0. The highest BCUT2D eigenvalue weighted by Crippen LogP contribution is 2.44. The monoisotopic (exact) mass is 384 g/mol. The maximum Gasteiger partial charge on any atom is 0.408 e. The van der Waals surface area contributed by atoms with E-state index in [-0.39, 0.29) is 11.6 Å². The number of nitrogens with zero attached hydrogens (tertiary/aromatic N) is 2. The molecule has 7 heteroatoms. The number of carbonyl (C=O) groups excluding carboxylic acids is 1. The Labute approximate surface area is 158 Å². The summed E-state index contributed by atoms with van der Waals surface area (Å²) in [5, 5.41) is 0. The van der Waals surface area contributed by atoms with E-state index >= 15 is 0 Å². The molecule has 27 heavy (non-hydrogen) atoms. The van der Waals surface area contributed by atoms with Crippen molar-refractivity contribution in [2.45, 2.75) is 49.4 Å². The molecule has 2 atom stereocenters. The topological polar surface area (TPSA) is 32.8 Å². The number of carbonyl (C=O) groups is 1. The van der Waals surface area contributed by atoms with Crippen molar-refractivity contribution in [3.8, 4) is 0 Å². The van der Waals surface area contributed by atoms with Gasteiger partial charge in [-0.2, -0.15) is 13.2 Å². The predicted molar refractivity (Wildman–Crippen MR) is 96.4 cm³/mol. The van der Waals surface area contributed by atoms with Crippen LogP contribution >= 0.6 is 0 Å². The lowest BCUT2D eigenvalue weighted by Crippen LogP contribution is -2.72. The minimum absolute atomic E-state index is 0.0559. The van der Waals surface area contributed by atoms with Crippen LogP contribution < -0.4 is 0 Å². The van der Waals surface area contributed by atoms with Crippen molar-refractivity contribution in [2.24, 2.45) is 0 Å². The van der Waals surface area contributed by atoms with E-state index in [1.807, 2.05) is 19.0 Å². The summed E-state index contributed by atoms with van der Waals surface area (Å²) in [5.41, 5.74) is -3.67. The van der Waals surface area contributed by atoms with Gasteiger partial charge >= 0.3 is 12.1 Å². The van der Waals surface area contributed by atoms with Gasteiger partial charge in [-0.3, -0.25) is 14.6 Å². The smallest absolute Gasteiger partial charge is 0.408 e. The highest BCUT2D eigenvalue weighted by Gasteiger charge is 2.62. The first kappa shape index (κ1) is 20.1.